The number of aliphatic hydroxyl groups is 1. The zero-order valence-electron chi connectivity index (χ0n) is 11.3. The van der Waals surface area contributed by atoms with Crippen LogP contribution in [0.3, 0.4) is 0 Å². The Balaban J connectivity index is 2.16. The maximum atomic E-state index is 12.4. The zero-order chi connectivity index (χ0) is 14.0. The van der Waals surface area contributed by atoms with Crippen LogP contribution in [0, 0.1) is 0 Å². The molecule has 1 aromatic carbocycles. The maximum absolute atomic E-state index is 12.4. The second-order valence-corrected chi connectivity index (χ2v) is 7.02. The highest BCUT2D eigenvalue weighted by Gasteiger charge is 2.30. The van der Waals surface area contributed by atoms with Crippen LogP contribution >= 0.6 is 0 Å². The van der Waals surface area contributed by atoms with Gasteiger partial charge in [0.2, 0.25) is 0 Å². The topological polar surface area (TPSA) is 60.9 Å². The van der Waals surface area contributed by atoms with E-state index in [-0.39, 0.29) is 6.54 Å². The first-order chi connectivity index (χ1) is 8.91. The van der Waals surface area contributed by atoms with Crippen molar-refractivity contribution < 1.29 is 13.5 Å². The highest BCUT2D eigenvalue weighted by molar-refractivity contribution is 7.86. The van der Waals surface area contributed by atoms with Crippen molar-refractivity contribution in [3.05, 3.63) is 35.4 Å². The molecule has 19 heavy (non-hydrogen) atoms. The van der Waals surface area contributed by atoms with E-state index in [9.17, 15) is 13.5 Å². The molecule has 1 aliphatic heterocycles. The molecule has 0 bridgehead atoms. The van der Waals surface area contributed by atoms with Crippen LogP contribution in [0.15, 0.2) is 24.3 Å². The Kier molecular flexibility index (Phi) is 4.25. The third-order valence-corrected chi connectivity index (χ3v) is 5.24. The van der Waals surface area contributed by atoms with E-state index in [2.05, 4.69) is 0 Å². The van der Waals surface area contributed by atoms with Crippen LogP contribution < -0.4 is 0 Å². The molecule has 1 N–H and O–H groups in total. The first kappa shape index (κ1) is 14.5. The lowest BCUT2D eigenvalue weighted by Gasteiger charge is -2.31. The lowest BCUT2D eigenvalue weighted by Crippen LogP contribution is -2.46. The van der Waals surface area contributed by atoms with Gasteiger partial charge in [-0.1, -0.05) is 24.3 Å². The van der Waals surface area contributed by atoms with E-state index in [0.29, 0.717) is 13.1 Å². The van der Waals surface area contributed by atoms with Gasteiger partial charge in [0, 0.05) is 26.7 Å². The Morgan fingerprint density at radius 2 is 2.00 bits per heavy atom. The second-order valence-electron chi connectivity index (χ2n) is 4.99. The third kappa shape index (κ3) is 3.14. The van der Waals surface area contributed by atoms with Crippen molar-refractivity contribution in [1.82, 2.24) is 8.61 Å². The number of fused-ring (bicyclic) bond motifs is 1. The molecule has 0 aromatic heterocycles. The summed E-state index contributed by atoms with van der Waals surface area (Å²) >= 11 is 0. The van der Waals surface area contributed by atoms with Gasteiger partial charge in [0.15, 0.2) is 0 Å². The molecule has 1 atom stereocenters. The van der Waals surface area contributed by atoms with Crippen molar-refractivity contribution in [2.75, 3.05) is 20.1 Å². The lowest BCUT2D eigenvalue weighted by molar-refractivity contribution is 0.167. The van der Waals surface area contributed by atoms with Crippen molar-refractivity contribution in [3.63, 3.8) is 0 Å². The molecule has 0 spiro atoms. The number of nitrogens with zero attached hydrogens (tertiary/aromatic N) is 2. The normalized spacial score (nSPS) is 18.3. The fourth-order valence-electron chi connectivity index (χ4n) is 2.33. The minimum Gasteiger partial charge on any atom is -0.392 e. The van der Waals surface area contributed by atoms with E-state index in [0.717, 1.165) is 12.0 Å². The number of rotatable bonds is 4. The third-order valence-electron chi connectivity index (χ3n) is 3.34. The second kappa shape index (κ2) is 5.58. The average Bonchev–Trinajstić information content (AvgIpc) is 2.37. The molecule has 1 aliphatic rings. The highest BCUT2D eigenvalue weighted by atomic mass is 32.2. The summed E-state index contributed by atoms with van der Waals surface area (Å²) in [5.41, 5.74) is 2.27. The largest absolute Gasteiger partial charge is 0.392 e. The summed E-state index contributed by atoms with van der Waals surface area (Å²) in [6, 6.07) is 7.90. The average molecular weight is 284 g/mol. The minimum absolute atomic E-state index is 0.112. The number of hydrogen-bond donors (Lipinski definition) is 1. The summed E-state index contributed by atoms with van der Waals surface area (Å²) in [5, 5.41) is 9.32. The molecule has 0 saturated carbocycles. The van der Waals surface area contributed by atoms with Crippen molar-refractivity contribution in [1.29, 1.82) is 0 Å². The van der Waals surface area contributed by atoms with Crippen LogP contribution in [0.4, 0.5) is 0 Å². The van der Waals surface area contributed by atoms with E-state index >= 15 is 0 Å². The Morgan fingerprint density at radius 3 is 2.63 bits per heavy atom. The van der Waals surface area contributed by atoms with Crippen molar-refractivity contribution >= 4 is 10.2 Å². The Labute approximate surface area is 114 Å². The maximum Gasteiger partial charge on any atom is 0.282 e. The minimum atomic E-state index is -3.49. The molecule has 0 amide bonds. The van der Waals surface area contributed by atoms with E-state index in [4.69, 9.17) is 0 Å². The van der Waals surface area contributed by atoms with Crippen LogP contribution in [-0.2, 0) is 23.2 Å². The van der Waals surface area contributed by atoms with Crippen LogP contribution in [0.5, 0.6) is 0 Å². The molecule has 0 fully saturated rings. The molecule has 2 rings (SSSR count). The van der Waals surface area contributed by atoms with Crippen LogP contribution in [0.25, 0.3) is 0 Å². The van der Waals surface area contributed by atoms with Gasteiger partial charge in [-0.05, 0) is 24.5 Å². The summed E-state index contributed by atoms with van der Waals surface area (Å²) in [7, 11) is -1.99. The highest BCUT2D eigenvalue weighted by Crippen LogP contribution is 2.22. The van der Waals surface area contributed by atoms with Crippen LogP contribution in [0.2, 0.25) is 0 Å². The van der Waals surface area contributed by atoms with E-state index in [1.165, 1.54) is 21.2 Å². The molecule has 106 valence electrons. The van der Waals surface area contributed by atoms with Gasteiger partial charge in [-0.3, -0.25) is 0 Å². The Bertz CT molecular complexity index is 543. The van der Waals surface area contributed by atoms with Crippen molar-refractivity contribution in [2.45, 2.75) is 26.0 Å². The Morgan fingerprint density at radius 1 is 1.37 bits per heavy atom. The predicted octanol–water partition coefficient (Wildman–Crippen LogP) is 0.602. The fourth-order valence-corrected chi connectivity index (χ4v) is 3.75. The smallest absolute Gasteiger partial charge is 0.282 e. The van der Waals surface area contributed by atoms with Crippen LogP contribution in [-0.4, -0.2) is 48.4 Å². The van der Waals surface area contributed by atoms with Gasteiger partial charge in [-0.2, -0.15) is 17.0 Å². The van der Waals surface area contributed by atoms with Gasteiger partial charge in [-0.25, -0.2) is 0 Å². The van der Waals surface area contributed by atoms with Crippen molar-refractivity contribution in [2.24, 2.45) is 0 Å². The molecule has 0 radical (unpaired) electrons. The number of hydrogen-bond acceptors (Lipinski definition) is 3. The summed E-state index contributed by atoms with van der Waals surface area (Å²) < 4.78 is 27.4. The SMILES string of the molecule is CC(O)CN(C)S(=O)(=O)N1CCc2ccccc2C1. The van der Waals surface area contributed by atoms with Gasteiger partial charge >= 0.3 is 0 Å². The summed E-state index contributed by atoms with van der Waals surface area (Å²) in [6.45, 7) is 2.59. The summed E-state index contributed by atoms with van der Waals surface area (Å²) in [5.74, 6) is 0. The lowest BCUT2D eigenvalue weighted by atomic mass is 10.0. The van der Waals surface area contributed by atoms with E-state index in [1.54, 1.807) is 6.92 Å². The van der Waals surface area contributed by atoms with Gasteiger partial charge in [0.05, 0.1) is 6.10 Å². The summed E-state index contributed by atoms with van der Waals surface area (Å²) in [4.78, 5) is 0. The zero-order valence-corrected chi connectivity index (χ0v) is 12.1. The molecule has 5 nitrogen and oxygen atoms in total. The molecule has 0 aliphatic carbocycles. The Hall–Kier alpha value is -0.950. The quantitative estimate of drug-likeness (QED) is 0.881. The van der Waals surface area contributed by atoms with Crippen molar-refractivity contribution in [3.8, 4) is 0 Å². The standard InChI is InChI=1S/C13H20N2O3S/c1-11(16)9-14(2)19(17,18)15-8-7-12-5-3-4-6-13(12)10-15/h3-6,11,16H,7-10H2,1-2H3. The molecule has 1 heterocycles. The van der Waals surface area contributed by atoms with Gasteiger partial charge in [0.25, 0.3) is 10.2 Å². The van der Waals surface area contributed by atoms with Gasteiger partial charge < -0.3 is 5.11 Å². The molecule has 1 unspecified atom stereocenters. The number of benzene rings is 1. The molecular formula is C13H20N2O3S. The number of aliphatic hydroxyl groups excluding tert-OH is 1. The van der Waals surface area contributed by atoms with Gasteiger partial charge in [-0.15, -0.1) is 0 Å². The monoisotopic (exact) mass is 284 g/mol. The number of likely N-dealkylation sites (N-methyl/N-ethyl adjacent to an activating group) is 1. The van der Waals surface area contributed by atoms with Crippen LogP contribution in [0.1, 0.15) is 18.1 Å². The van der Waals surface area contributed by atoms with E-state index in [1.807, 2.05) is 24.3 Å². The molecule has 0 saturated heterocycles. The predicted molar refractivity (Wildman–Crippen MR) is 73.8 cm³/mol. The summed E-state index contributed by atoms with van der Waals surface area (Å²) in [6.07, 6.45) is 0.0645. The van der Waals surface area contributed by atoms with E-state index < -0.39 is 16.3 Å². The molecule has 1 aromatic rings. The first-order valence-electron chi connectivity index (χ1n) is 6.37. The van der Waals surface area contributed by atoms with Gasteiger partial charge in [0.1, 0.15) is 0 Å². The molecule has 6 heteroatoms. The first-order valence-corrected chi connectivity index (χ1v) is 7.77. The fraction of sp³-hybridized carbons (Fsp3) is 0.538. The molecular weight excluding hydrogens is 264 g/mol.